The Labute approximate surface area is 134 Å². The van der Waals surface area contributed by atoms with Crippen molar-refractivity contribution >= 4 is 15.7 Å². The van der Waals surface area contributed by atoms with Gasteiger partial charge in [-0.25, -0.2) is 8.42 Å². The van der Waals surface area contributed by atoms with Crippen molar-refractivity contribution in [2.24, 2.45) is 5.92 Å². The number of nitrogens with zero attached hydrogens (tertiary/aromatic N) is 3. The molecule has 6 nitrogen and oxygen atoms in total. The number of amides is 1. The third kappa shape index (κ3) is 4.93. The molecule has 2 aliphatic rings. The van der Waals surface area contributed by atoms with Crippen molar-refractivity contribution in [3.63, 3.8) is 0 Å². The molecule has 0 aromatic heterocycles. The maximum absolute atomic E-state index is 11.4. The van der Waals surface area contributed by atoms with Gasteiger partial charge < -0.3 is 9.80 Å². The zero-order valence-electron chi connectivity index (χ0n) is 14.0. The minimum Gasteiger partial charge on any atom is -0.340 e. The second-order valence-corrected chi connectivity index (χ2v) is 9.09. The van der Waals surface area contributed by atoms with Gasteiger partial charge in [0.25, 0.3) is 0 Å². The van der Waals surface area contributed by atoms with Gasteiger partial charge >= 0.3 is 0 Å². The van der Waals surface area contributed by atoms with Gasteiger partial charge in [-0.1, -0.05) is 6.92 Å². The molecule has 0 unspecified atom stereocenters. The van der Waals surface area contributed by atoms with Gasteiger partial charge in [0.2, 0.25) is 5.91 Å². The fourth-order valence-corrected chi connectivity index (χ4v) is 4.28. The lowest BCUT2D eigenvalue weighted by molar-refractivity contribution is -0.130. The van der Waals surface area contributed by atoms with Crippen LogP contribution in [0.15, 0.2) is 0 Å². The van der Waals surface area contributed by atoms with Crippen LogP contribution in [-0.4, -0.2) is 92.9 Å². The molecule has 0 spiro atoms. The molecule has 1 amide bonds. The predicted octanol–water partition coefficient (Wildman–Crippen LogP) is -0.0945. The second-order valence-electron chi connectivity index (χ2n) is 6.83. The maximum Gasteiger partial charge on any atom is 0.219 e. The maximum atomic E-state index is 11.4. The minimum absolute atomic E-state index is 0.168. The zero-order valence-corrected chi connectivity index (χ0v) is 14.8. The lowest BCUT2D eigenvalue weighted by atomic mass is 10.0. The van der Waals surface area contributed by atoms with Crippen LogP contribution in [-0.2, 0) is 14.6 Å². The summed E-state index contributed by atoms with van der Waals surface area (Å²) in [6, 6.07) is 0.535. The molecule has 2 aliphatic heterocycles. The molecule has 2 atom stereocenters. The number of carbonyl (C=O) groups is 1. The molecule has 0 aliphatic carbocycles. The summed E-state index contributed by atoms with van der Waals surface area (Å²) in [4.78, 5) is 18.2. The van der Waals surface area contributed by atoms with Crippen LogP contribution >= 0.6 is 0 Å². The number of hydrogen-bond donors (Lipinski definition) is 0. The third-order valence-electron chi connectivity index (χ3n) is 4.87. The van der Waals surface area contributed by atoms with Crippen LogP contribution in [0.3, 0.4) is 0 Å². The highest BCUT2D eigenvalue weighted by molar-refractivity contribution is 7.90. The quantitative estimate of drug-likeness (QED) is 0.704. The van der Waals surface area contributed by atoms with E-state index in [1.165, 1.54) is 6.26 Å². The Hall–Kier alpha value is -0.660. The van der Waals surface area contributed by atoms with E-state index < -0.39 is 9.84 Å². The van der Waals surface area contributed by atoms with Gasteiger partial charge in [0.1, 0.15) is 9.84 Å². The topological polar surface area (TPSA) is 60.9 Å². The van der Waals surface area contributed by atoms with E-state index in [1.807, 2.05) is 4.90 Å². The van der Waals surface area contributed by atoms with E-state index in [9.17, 15) is 13.2 Å². The highest BCUT2D eigenvalue weighted by Crippen LogP contribution is 2.23. The van der Waals surface area contributed by atoms with Crippen molar-refractivity contribution in [3.8, 4) is 0 Å². The van der Waals surface area contributed by atoms with Crippen molar-refractivity contribution < 1.29 is 13.2 Å². The molecule has 128 valence electrons. The first kappa shape index (κ1) is 17.7. The van der Waals surface area contributed by atoms with E-state index in [-0.39, 0.29) is 11.7 Å². The first-order chi connectivity index (χ1) is 10.3. The molecule has 0 bridgehead atoms. The molecule has 0 saturated carbocycles. The number of hydrogen-bond acceptors (Lipinski definition) is 5. The van der Waals surface area contributed by atoms with Crippen LogP contribution in [0.5, 0.6) is 0 Å². The zero-order chi connectivity index (χ0) is 16.3. The Morgan fingerprint density at radius 2 is 1.77 bits per heavy atom. The van der Waals surface area contributed by atoms with Crippen LogP contribution in [0, 0.1) is 5.92 Å². The fraction of sp³-hybridized carbons (Fsp3) is 0.933. The van der Waals surface area contributed by atoms with Gasteiger partial charge in [-0.05, 0) is 18.9 Å². The molecule has 0 aromatic rings. The SMILES string of the molecule is CC(=O)N1CCN([C@H]2CN(CCCS(C)(=O)=O)C[C@@H]2C)CC1. The molecular formula is C15H29N3O3S. The number of likely N-dealkylation sites (tertiary alicyclic amines) is 1. The van der Waals surface area contributed by atoms with Crippen LogP contribution in [0.1, 0.15) is 20.3 Å². The standard InChI is InChI=1S/C15H29N3O3S/c1-13-11-16(5-4-10-22(3,20)21)12-15(13)18-8-6-17(7-9-18)14(2)19/h13,15H,4-12H2,1-3H3/t13-,15-/m0/s1. The van der Waals surface area contributed by atoms with Gasteiger partial charge in [-0.3, -0.25) is 9.69 Å². The Balaban J connectivity index is 1.78. The molecule has 2 fully saturated rings. The lowest BCUT2D eigenvalue weighted by Gasteiger charge is -2.39. The van der Waals surface area contributed by atoms with Crippen molar-refractivity contribution in [2.75, 3.05) is 57.8 Å². The Kier molecular flexibility index (Phi) is 5.85. The monoisotopic (exact) mass is 331 g/mol. The highest BCUT2D eigenvalue weighted by Gasteiger charge is 2.35. The molecule has 0 N–H and O–H groups in total. The van der Waals surface area contributed by atoms with Gasteiger partial charge in [-0.2, -0.15) is 0 Å². The van der Waals surface area contributed by atoms with E-state index in [1.54, 1.807) is 6.92 Å². The van der Waals surface area contributed by atoms with Crippen molar-refractivity contribution in [1.29, 1.82) is 0 Å². The van der Waals surface area contributed by atoms with E-state index in [0.29, 0.717) is 12.0 Å². The summed E-state index contributed by atoms with van der Waals surface area (Å²) in [5.41, 5.74) is 0. The van der Waals surface area contributed by atoms with Crippen LogP contribution in [0.2, 0.25) is 0 Å². The number of sulfone groups is 1. The average Bonchev–Trinajstić information content (AvgIpc) is 2.78. The second kappa shape index (κ2) is 7.27. The molecule has 7 heteroatoms. The Bertz CT molecular complexity index is 486. The Morgan fingerprint density at radius 3 is 2.32 bits per heavy atom. The van der Waals surface area contributed by atoms with Gasteiger partial charge in [-0.15, -0.1) is 0 Å². The van der Waals surface area contributed by atoms with Crippen molar-refractivity contribution in [2.45, 2.75) is 26.3 Å². The first-order valence-corrected chi connectivity index (χ1v) is 10.2. The molecular weight excluding hydrogens is 302 g/mol. The summed E-state index contributed by atoms with van der Waals surface area (Å²) in [5.74, 6) is 1.04. The fourth-order valence-electron chi connectivity index (χ4n) is 3.62. The molecule has 0 radical (unpaired) electrons. The van der Waals surface area contributed by atoms with Crippen LogP contribution in [0.25, 0.3) is 0 Å². The molecule has 2 saturated heterocycles. The number of piperazine rings is 1. The lowest BCUT2D eigenvalue weighted by Crippen LogP contribution is -2.53. The van der Waals surface area contributed by atoms with Gasteiger partial charge in [0.05, 0.1) is 5.75 Å². The summed E-state index contributed by atoms with van der Waals surface area (Å²) in [5, 5.41) is 0. The predicted molar refractivity (Wildman–Crippen MR) is 87.5 cm³/mol. The molecule has 2 heterocycles. The summed E-state index contributed by atoms with van der Waals surface area (Å²) >= 11 is 0. The molecule has 22 heavy (non-hydrogen) atoms. The third-order valence-corrected chi connectivity index (χ3v) is 5.90. The summed E-state index contributed by atoms with van der Waals surface area (Å²) < 4.78 is 22.4. The van der Waals surface area contributed by atoms with Crippen molar-refractivity contribution in [3.05, 3.63) is 0 Å². The molecule has 0 aromatic carbocycles. The van der Waals surface area contributed by atoms with E-state index in [2.05, 4.69) is 16.7 Å². The largest absolute Gasteiger partial charge is 0.340 e. The summed E-state index contributed by atoms with van der Waals surface area (Å²) in [7, 11) is -2.85. The van der Waals surface area contributed by atoms with Crippen molar-refractivity contribution in [1.82, 2.24) is 14.7 Å². The highest BCUT2D eigenvalue weighted by atomic mass is 32.2. The van der Waals surface area contributed by atoms with Crippen LogP contribution in [0.4, 0.5) is 0 Å². The Morgan fingerprint density at radius 1 is 1.14 bits per heavy atom. The van der Waals surface area contributed by atoms with E-state index in [4.69, 9.17) is 0 Å². The molecule has 2 rings (SSSR count). The smallest absolute Gasteiger partial charge is 0.219 e. The average molecular weight is 331 g/mol. The van der Waals surface area contributed by atoms with Gasteiger partial charge in [0, 0.05) is 58.5 Å². The number of carbonyl (C=O) groups excluding carboxylic acids is 1. The normalized spacial score (nSPS) is 28.2. The van der Waals surface area contributed by atoms with E-state index >= 15 is 0 Å². The van der Waals surface area contributed by atoms with E-state index in [0.717, 1.165) is 52.2 Å². The first-order valence-electron chi connectivity index (χ1n) is 8.16. The summed E-state index contributed by atoms with van der Waals surface area (Å²) in [6.07, 6.45) is 2.02. The van der Waals surface area contributed by atoms with Crippen LogP contribution < -0.4 is 0 Å². The minimum atomic E-state index is -2.85. The summed E-state index contributed by atoms with van der Waals surface area (Å²) in [6.45, 7) is 10.4. The van der Waals surface area contributed by atoms with Gasteiger partial charge in [0.15, 0.2) is 0 Å². The number of rotatable bonds is 5.